The van der Waals surface area contributed by atoms with Crippen LogP contribution in [0.3, 0.4) is 0 Å². The van der Waals surface area contributed by atoms with Crippen molar-refractivity contribution in [1.82, 2.24) is 9.55 Å². The number of hydrogen-bond acceptors (Lipinski definition) is 7. The summed E-state index contributed by atoms with van der Waals surface area (Å²) in [6.45, 7) is 0.0774. The van der Waals surface area contributed by atoms with Crippen molar-refractivity contribution >= 4 is 18.0 Å². The SMILES string of the molecule is C[C@@]1(O)C(O)[C@@](F)(CO)O[C@H]1n1ccc(N)nc1=S. The molecule has 2 heterocycles. The molecule has 1 aromatic heterocycles. The van der Waals surface area contributed by atoms with E-state index >= 15 is 0 Å². The van der Waals surface area contributed by atoms with E-state index in [1.807, 2.05) is 0 Å². The summed E-state index contributed by atoms with van der Waals surface area (Å²) in [5, 5.41) is 28.9. The van der Waals surface area contributed by atoms with Gasteiger partial charge in [-0.1, -0.05) is 0 Å². The van der Waals surface area contributed by atoms with Crippen molar-refractivity contribution < 1.29 is 24.4 Å². The summed E-state index contributed by atoms with van der Waals surface area (Å²) < 4.78 is 20.2. The van der Waals surface area contributed by atoms with Gasteiger partial charge in [0.25, 0.3) is 5.85 Å². The van der Waals surface area contributed by atoms with Gasteiger partial charge in [-0.3, -0.25) is 4.57 Å². The van der Waals surface area contributed by atoms with Crippen LogP contribution in [0.5, 0.6) is 0 Å². The Labute approximate surface area is 113 Å². The molecule has 0 saturated carbocycles. The lowest BCUT2D eigenvalue weighted by molar-refractivity contribution is -0.207. The van der Waals surface area contributed by atoms with Crippen molar-refractivity contribution in [2.75, 3.05) is 12.3 Å². The molecule has 106 valence electrons. The van der Waals surface area contributed by atoms with Gasteiger partial charge in [-0.05, 0) is 25.2 Å². The van der Waals surface area contributed by atoms with Gasteiger partial charge in [-0.2, -0.15) is 0 Å². The largest absolute Gasteiger partial charge is 0.390 e. The zero-order chi connectivity index (χ0) is 14.4. The predicted molar refractivity (Wildman–Crippen MR) is 65.2 cm³/mol. The number of nitrogen functional groups attached to an aromatic ring is 1. The van der Waals surface area contributed by atoms with E-state index in [0.29, 0.717) is 0 Å². The highest BCUT2D eigenvalue weighted by molar-refractivity contribution is 7.71. The molecule has 1 aromatic rings. The van der Waals surface area contributed by atoms with Gasteiger partial charge in [0, 0.05) is 6.20 Å². The summed E-state index contributed by atoms with van der Waals surface area (Å²) in [6.07, 6.45) is -1.91. The monoisotopic (exact) mass is 291 g/mol. The maximum atomic E-state index is 14.1. The number of ether oxygens (including phenoxy) is 1. The average molecular weight is 291 g/mol. The molecule has 0 aromatic carbocycles. The molecule has 0 bridgehead atoms. The zero-order valence-electron chi connectivity index (χ0n) is 10.0. The first-order chi connectivity index (χ1) is 8.72. The molecule has 0 amide bonds. The molecule has 0 aliphatic carbocycles. The van der Waals surface area contributed by atoms with Crippen LogP contribution in [0.25, 0.3) is 0 Å². The molecule has 5 N–H and O–H groups in total. The number of aliphatic hydroxyl groups excluding tert-OH is 2. The molecule has 0 spiro atoms. The Hall–Kier alpha value is -1.13. The van der Waals surface area contributed by atoms with Gasteiger partial charge in [0.1, 0.15) is 24.1 Å². The third kappa shape index (κ3) is 2.13. The van der Waals surface area contributed by atoms with Crippen molar-refractivity contribution in [3.63, 3.8) is 0 Å². The Morgan fingerprint density at radius 1 is 1.68 bits per heavy atom. The van der Waals surface area contributed by atoms with E-state index in [9.17, 15) is 14.6 Å². The highest BCUT2D eigenvalue weighted by Gasteiger charge is 2.62. The third-order valence-electron chi connectivity index (χ3n) is 3.09. The highest BCUT2D eigenvalue weighted by Crippen LogP contribution is 2.44. The first kappa shape index (κ1) is 14.3. The van der Waals surface area contributed by atoms with Crippen LogP contribution in [-0.4, -0.2) is 49.0 Å². The fourth-order valence-electron chi connectivity index (χ4n) is 2.01. The zero-order valence-corrected chi connectivity index (χ0v) is 10.8. The van der Waals surface area contributed by atoms with E-state index in [-0.39, 0.29) is 10.6 Å². The maximum Gasteiger partial charge on any atom is 0.263 e. The van der Waals surface area contributed by atoms with Gasteiger partial charge >= 0.3 is 0 Å². The minimum atomic E-state index is -2.77. The molecule has 4 atom stereocenters. The van der Waals surface area contributed by atoms with Crippen LogP contribution in [0, 0.1) is 4.77 Å². The van der Waals surface area contributed by atoms with E-state index < -0.39 is 30.4 Å². The number of alkyl halides is 1. The van der Waals surface area contributed by atoms with Gasteiger partial charge in [0.2, 0.25) is 4.77 Å². The van der Waals surface area contributed by atoms with Crippen molar-refractivity contribution in [3.05, 3.63) is 17.0 Å². The number of rotatable bonds is 2. The number of hydrogen-bond donors (Lipinski definition) is 4. The van der Waals surface area contributed by atoms with E-state index in [1.165, 1.54) is 19.2 Å². The molecular weight excluding hydrogens is 277 g/mol. The van der Waals surface area contributed by atoms with Gasteiger partial charge in [0.05, 0.1) is 0 Å². The number of aliphatic hydroxyl groups is 3. The number of aromatic nitrogens is 2. The Morgan fingerprint density at radius 2 is 2.32 bits per heavy atom. The Bertz CT molecular complexity index is 552. The normalized spacial score (nSPS) is 38.6. The van der Waals surface area contributed by atoms with Crippen LogP contribution in [0.1, 0.15) is 13.2 Å². The fraction of sp³-hybridized carbons (Fsp3) is 0.600. The van der Waals surface area contributed by atoms with Gasteiger partial charge < -0.3 is 25.8 Å². The van der Waals surface area contributed by atoms with Crippen molar-refractivity contribution in [3.8, 4) is 0 Å². The molecule has 1 unspecified atom stereocenters. The molecule has 0 radical (unpaired) electrons. The summed E-state index contributed by atoms with van der Waals surface area (Å²) in [7, 11) is 0. The highest BCUT2D eigenvalue weighted by atomic mass is 32.1. The van der Waals surface area contributed by atoms with Crippen LogP contribution >= 0.6 is 12.2 Å². The summed E-state index contributed by atoms with van der Waals surface area (Å²) in [5.41, 5.74) is 3.45. The molecule has 2 rings (SSSR count). The van der Waals surface area contributed by atoms with E-state index in [2.05, 4.69) is 4.98 Å². The number of halogens is 1. The molecule has 1 aliphatic heterocycles. The summed E-state index contributed by atoms with van der Waals surface area (Å²) in [6, 6.07) is 1.39. The molecule has 1 aliphatic rings. The van der Waals surface area contributed by atoms with E-state index in [0.717, 1.165) is 4.57 Å². The number of nitrogens with two attached hydrogens (primary N) is 1. The topological polar surface area (TPSA) is 114 Å². The minimum absolute atomic E-state index is 0.0420. The first-order valence-corrected chi connectivity index (χ1v) is 5.86. The van der Waals surface area contributed by atoms with Crippen molar-refractivity contribution in [1.29, 1.82) is 0 Å². The summed E-state index contributed by atoms with van der Waals surface area (Å²) in [5.74, 6) is -2.61. The summed E-state index contributed by atoms with van der Waals surface area (Å²) in [4.78, 5) is 3.78. The molecule has 9 heteroatoms. The van der Waals surface area contributed by atoms with Crippen molar-refractivity contribution in [2.24, 2.45) is 0 Å². The summed E-state index contributed by atoms with van der Waals surface area (Å²) >= 11 is 4.94. The minimum Gasteiger partial charge on any atom is -0.390 e. The molecular formula is C10H14FN3O4S. The lowest BCUT2D eigenvalue weighted by Gasteiger charge is -2.27. The third-order valence-corrected chi connectivity index (χ3v) is 3.39. The Balaban J connectivity index is 2.48. The standard InChI is InChI=1S/C10H14FN3O4S/c1-9(17)6(16)10(11,4-15)18-7(9)14-3-2-5(12)13-8(14)19/h2-3,6-7,15-17H,4H2,1H3,(H2,12,13,19)/t6?,7-,9-,10-/m1/s1. The second kappa shape index (κ2) is 4.46. The van der Waals surface area contributed by atoms with Crippen LogP contribution in [0.15, 0.2) is 12.3 Å². The van der Waals surface area contributed by atoms with Crippen LogP contribution in [0.2, 0.25) is 0 Å². The molecule has 1 fully saturated rings. The van der Waals surface area contributed by atoms with Gasteiger partial charge in [-0.25, -0.2) is 9.37 Å². The fourth-order valence-corrected chi connectivity index (χ4v) is 2.27. The number of nitrogens with zero attached hydrogens (tertiary/aromatic N) is 2. The van der Waals surface area contributed by atoms with E-state index in [4.69, 9.17) is 27.8 Å². The number of anilines is 1. The van der Waals surface area contributed by atoms with Gasteiger partial charge in [0.15, 0.2) is 6.23 Å². The quantitative estimate of drug-likeness (QED) is 0.543. The second-order valence-corrected chi connectivity index (χ2v) is 4.95. The Morgan fingerprint density at radius 3 is 2.79 bits per heavy atom. The lowest BCUT2D eigenvalue weighted by atomic mass is 9.95. The Kier molecular flexibility index (Phi) is 3.35. The maximum absolute atomic E-state index is 14.1. The van der Waals surface area contributed by atoms with Crippen LogP contribution < -0.4 is 5.73 Å². The average Bonchev–Trinajstić information content (AvgIpc) is 2.51. The van der Waals surface area contributed by atoms with Crippen LogP contribution in [0.4, 0.5) is 10.2 Å². The van der Waals surface area contributed by atoms with Gasteiger partial charge in [-0.15, -0.1) is 0 Å². The molecule has 7 nitrogen and oxygen atoms in total. The molecule has 1 saturated heterocycles. The lowest BCUT2D eigenvalue weighted by Crippen LogP contribution is -2.48. The smallest absolute Gasteiger partial charge is 0.263 e. The van der Waals surface area contributed by atoms with Crippen molar-refractivity contribution in [2.45, 2.75) is 30.7 Å². The van der Waals surface area contributed by atoms with E-state index in [1.54, 1.807) is 0 Å². The predicted octanol–water partition coefficient (Wildman–Crippen LogP) is -0.506. The molecule has 19 heavy (non-hydrogen) atoms. The first-order valence-electron chi connectivity index (χ1n) is 5.45. The second-order valence-electron chi connectivity index (χ2n) is 4.59. The van der Waals surface area contributed by atoms with Crippen LogP contribution in [-0.2, 0) is 4.74 Å².